The normalized spacial score (nSPS) is 23.4. The second-order valence-corrected chi connectivity index (χ2v) is 9.26. The second kappa shape index (κ2) is 8.90. The van der Waals surface area contributed by atoms with Crippen LogP contribution in [-0.4, -0.2) is 38.4 Å². The molecule has 7 nitrogen and oxygen atoms in total. The van der Waals surface area contributed by atoms with Gasteiger partial charge in [-0.3, -0.25) is 9.13 Å². The molecular weight excluding hydrogens is 402 g/mol. The molecule has 1 aliphatic carbocycles. The number of benzene rings is 1. The van der Waals surface area contributed by atoms with E-state index in [1.54, 1.807) is 10.8 Å². The maximum absolute atomic E-state index is 13.5. The van der Waals surface area contributed by atoms with Crippen molar-refractivity contribution in [3.05, 3.63) is 58.8 Å². The molecule has 7 heteroatoms. The van der Waals surface area contributed by atoms with Crippen LogP contribution in [0.4, 0.5) is 5.95 Å². The zero-order valence-corrected chi connectivity index (χ0v) is 18.8. The van der Waals surface area contributed by atoms with Gasteiger partial charge in [0.25, 0.3) is 0 Å². The van der Waals surface area contributed by atoms with Gasteiger partial charge in [0.15, 0.2) is 0 Å². The molecule has 5 rings (SSSR count). The molecule has 0 amide bonds. The van der Waals surface area contributed by atoms with Gasteiger partial charge in [-0.15, -0.1) is 0 Å². The Morgan fingerprint density at radius 2 is 1.97 bits per heavy atom. The van der Waals surface area contributed by atoms with E-state index in [1.807, 2.05) is 48.0 Å². The predicted octanol–water partition coefficient (Wildman–Crippen LogP) is 4.36. The molecule has 1 aromatic carbocycles. The van der Waals surface area contributed by atoms with Crippen LogP contribution in [0.15, 0.2) is 47.5 Å². The van der Waals surface area contributed by atoms with Crippen molar-refractivity contribution in [1.29, 1.82) is 0 Å². The van der Waals surface area contributed by atoms with Crippen LogP contribution in [0.1, 0.15) is 50.6 Å². The van der Waals surface area contributed by atoms with Crippen molar-refractivity contribution in [2.45, 2.75) is 58.0 Å². The summed E-state index contributed by atoms with van der Waals surface area (Å²) in [5.41, 5.74) is 3.40. The quantitative estimate of drug-likeness (QED) is 0.647. The van der Waals surface area contributed by atoms with E-state index in [4.69, 9.17) is 9.72 Å². The second-order valence-electron chi connectivity index (χ2n) is 9.26. The van der Waals surface area contributed by atoms with Gasteiger partial charge in [-0.05, 0) is 68.7 Å². The van der Waals surface area contributed by atoms with Crippen LogP contribution in [0.5, 0.6) is 0 Å². The molecule has 2 aliphatic rings. The Kier molecular flexibility index (Phi) is 5.83. The first-order valence-electron chi connectivity index (χ1n) is 11.7. The third-order valence-electron chi connectivity index (χ3n) is 6.74. The molecule has 32 heavy (non-hydrogen) atoms. The summed E-state index contributed by atoms with van der Waals surface area (Å²) in [6.07, 6.45) is 9.29. The lowest BCUT2D eigenvalue weighted by atomic mass is 9.87. The van der Waals surface area contributed by atoms with Crippen molar-refractivity contribution in [2.24, 2.45) is 5.92 Å². The average molecular weight is 434 g/mol. The van der Waals surface area contributed by atoms with Gasteiger partial charge in [0.2, 0.25) is 5.95 Å². The smallest absolute Gasteiger partial charge is 0.333 e. The number of anilines is 1. The molecule has 0 radical (unpaired) electrons. The standard InChI is InChI=1S/C25H31N5O2/c1-17-6-8-19(9-7-17)27-24-26-12-10-22(28-24)23-15-29(21-11-13-32-16-21)25(31)30(23)20-5-3-4-18(2)14-20/h3-5,10,12,14-15,17,19,21H,6-9,11,13,16H2,1-2H3,(H,26,27,28)/t17-,19-,21?. The van der Waals surface area contributed by atoms with Crippen molar-refractivity contribution in [3.8, 4) is 17.1 Å². The predicted molar refractivity (Wildman–Crippen MR) is 125 cm³/mol. The highest BCUT2D eigenvalue weighted by Gasteiger charge is 2.25. The number of aromatic nitrogens is 4. The van der Waals surface area contributed by atoms with Crippen LogP contribution >= 0.6 is 0 Å². The molecule has 2 aromatic heterocycles. The number of hydrogen-bond donors (Lipinski definition) is 1. The highest BCUT2D eigenvalue weighted by Crippen LogP contribution is 2.27. The number of nitrogens with one attached hydrogen (secondary N) is 1. The van der Waals surface area contributed by atoms with Crippen LogP contribution < -0.4 is 11.0 Å². The van der Waals surface area contributed by atoms with E-state index in [1.165, 1.54) is 12.8 Å². The van der Waals surface area contributed by atoms with E-state index in [-0.39, 0.29) is 11.7 Å². The average Bonchev–Trinajstić information content (AvgIpc) is 3.43. The topological polar surface area (TPSA) is 74.0 Å². The van der Waals surface area contributed by atoms with Gasteiger partial charge < -0.3 is 10.1 Å². The summed E-state index contributed by atoms with van der Waals surface area (Å²) in [6.45, 7) is 5.60. The van der Waals surface area contributed by atoms with E-state index in [0.29, 0.717) is 25.2 Å². The third-order valence-corrected chi connectivity index (χ3v) is 6.74. The Bertz CT molecular complexity index is 1140. The molecule has 0 spiro atoms. The molecule has 1 N–H and O–H groups in total. The lowest BCUT2D eigenvalue weighted by Crippen LogP contribution is -2.27. The van der Waals surface area contributed by atoms with E-state index in [0.717, 1.165) is 47.8 Å². The lowest BCUT2D eigenvalue weighted by Gasteiger charge is -2.26. The lowest BCUT2D eigenvalue weighted by molar-refractivity contribution is 0.186. The summed E-state index contributed by atoms with van der Waals surface area (Å²) in [5.74, 6) is 1.42. The maximum atomic E-state index is 13.5. The largest absolute Gasteiger partial charge is 0.379 e. The Hall–Kier alpha value is -2.93. The fourth-order valence-corrected chi connectivity index (χ4v) is 4.82. The zero-order valence-electron chi connectivity index (χ0n) is 18.8. The molecule has 3 aromatic rings. The van der Waals surface area contributed by atoms with E-state index >= 15 is 0 Å². The maximum Gasteiger partial charge on any atom is 0.333 e. The molecule has 1 aliphatic heterocycles. The SMILES string of the molecule is Cc1cccc(-n2c(-c3ccnc(N[C@H]4CC[C@H](C)CC4)n3)cn(C3CCOC3)c2=O)c1. The minimum Gasteiger partial charge on any atom is -0.379 e. The monoisotopic (exact) mass is 433 g/mol. The first-order chi connectivity index (χ1) is 15.6. The number of aryl methyl sites for hydroxylation is 1. The number of hydrogen-bond acceptors (Lipinski definition) is 5. The Balaban J connectivity index is 1.54. The summed E-state index contributed by atoms with van der Waals surface area (Å²) in [6, 6.07) is 10.4. The fourth-order valence-electron chi connectivity index (χ4n) is 4.82. The van der Waals surface area contributed by atoms with E-state index in [2.05, 4.69) is 17.2 Å². The van der Waals surface area contributed by atoms with Crippen molar-refractivity contribution < 1.29 is 4.74 Å². The van der Waals surface area contributed by atoms with Gasteiger partial charge in [0, 0.05) is 25.0 Å². The van der Waals surface area contributed by atoms with E-state index in [9.17, 15) is 4.79 Å². The third kappa shape index (κ3) is 4.21. The minimum absolute atomic E-state index is 0.0518. The van der Waals surface area contributed by atoms with Crippen molar-refractivity contribution >= 4 is 5.95 Å². The Morgan fingerprint density at radius 1 is 1.12 bits per heavy atom. The van der Waals surface area contributed by atoms with Crippen LogP contribution in [0.25, 0.3) is 17.1 Å². The summed E-state index contributed by atoms with van der Waals surface area (Å²) >= 11 is 0. The first kappa shape index (κ1) is 20.9. The molecule has 1 saturated carbocycles. The molecule has 0 bridgehead atoms. The highest BCUT2D eigenvalue weighted by molar-refractivity contribution is 5.59. The van der Waals surface area contributed by atoms with Gasteiger partial charge in [0.05, 0.1) is 29.7 Å². The van der Waals surface area contributed by atoms with Crippen molar-refractivity contribution in [3.63, 3.8) is 0 Å². The Labute approximate surface area is 188 Å². The number of ether oxygens (including phenoxy) is 1. The van der Waals surface area contributed by atoms with Gasteiger partial charge in [0.1, 0.15) is 0 Å². The molecular formula is C25H31N5O2. The van der Waals surface area contributed by atoms with Crippen LogP contribution in [0, 0.1) is 12.8 Å². The summed E-state index contributed by atoms with van der Waals surface area (Å²) in [4.78, 5) is 22.8. The minimum atomic E-state index is -0.0597. The zero-order chi connectivity index (χ0) is 22.1. The molecule has 168 valence electrons. The number of rotatable bonds is 5. The van der Waals surface area contributed by atoms with Crippen LogP contribution in [0.2, 0.25) is 0 Å². The first-order valence-corrected chi connectivity index (χ1v) is 11.7. The van der Waals surface area contributed by atoms with Gasteiger partial charge >= 0.3 is 5.69 Å². The van der Waals surface area contributed by atoms with Crippen LogP contribution in [-0.2, 0) is 4.74 Å². The fraction of sp³-hybridized carbons (Fsp3) is 0.480. The number of nitrogens with zero attached hydrogens (tertiary/aromatic N) is 4. The Morgan fingerprint density at radius 3 is 2.72 bits per heavy atom. The van der Waals surface area contributed by atoms with Crippen molar-refractivity contribution in [1.82, 2.24) is 19.1 Å². The summed E-state index contributed by atoms with van der Waals surface area (Å²) in [7, 11) is 0. The molecule has 1 atom stereocenters. The number of imidazole rings is 1. The molecule has 2 fully saturated rings. The summed E-state index contributed by atoms with van der Waals surface area (Å²) < 4.78 is 9.12. The van der Waals surface area contributed by atoms with Crippen LogP contribution in [0.3, 0.4) is 0 Å². The van der Waals surface area contributed by atoms with E-state index < -0.39 is 0 Å². The molecule has 1 unspecified atom stereocenters. The molecule has 3 heterocycles. The van der Waals surface area contributed by atoms with Gasteiger partial charge in [-0.1, -0.05) is 19.1 Å². The molecule has 1 saturated heterocycles. The highest BCUT2D eigenvalue weighted by atomic mass is 16.5. The van der Waals surface area contributed by atoms with Gasteiger partial charge in [-0.25, -0.2) is 14.8 Å². The summed E-state index contributed by atoms with van der Waals surface area (Å²) in [5, 5.41) is 3.52. The van der Waals surface area contributed by atoms with Gasteiger partial charge in [-0.2, -0.15) is 0 Å². The van der Waals surface area contributed by atoms with Crippen molar-refractivity contribution in [2.75, 3.05) is 18.5 Å².